The monoisotopic (exact) mass is 359 g/mol. The number of rotatable bonds is 7. The van der Waals surface area contributed by atoms with Crippen LogP contribution in [0.25, 0.3) is 0 Å². The molecule has 0 spiro atoms. The van der Waals surface area contributed by atoms with E-state index < -0.39 is 5.97 Å². The molecule has 1 aromatic carbocycles. The fraction of sp³-hybridized carbons (Fsp3) is 0.450. The van der Waals surface area contributed by atoms with E-state index in [1.807, 2.05) is 18.2 Å². The van der Waals surface area contributed by atoms with Crippen LogP contribution in [-0.2, 0) is 9.53 Å². The van der Waals surface area contributed by atoms with Crippen molar-refractivity contribution in [1.82, 2.24) is 0 Å². The van der Waals surface area contributed by atoms with Crippen molar-refractivity contribution in [3.63, 3.8) is 0 Å². The minimum absolute atomic E-state index is 0.291. The molecule has 6 heteroatoms. The predicted octanol–water partition coefficient (Wildman–Crippen LogP) is 4.39. The third kappa shape index (κ3) is 6.70. The Morgan fingerprint density at radius 3 is 2.54 bits per heavy atom. The number of hydrogen-bond acceptors (Lipinski definition) is 4. The molecule has 0 amide bonds. The number of anilines is 1. The summed E-state index contributed by atoms with van der Waals surface area (Å²) in [6.45, 7) is 14.3. The highest BCUT2D eigenvalue weighted by Crippen LogP contribution is 2.30. The van der Waals surface area contributed by atoms with Crippen LogP contribution in [0.4, 0.5) is 5.69 Å². The molecule has 1 rings (SSSR count). The standard InChI is InChI=1S/C20H29N3O3/c1-13(2)12-26-18-9-8-16(10-17(18)14(3)4)23-20(21-6)22-11-15(5)19(24)25-7/h8-11,13-14H,6,12H2,1-5,7H3,(H,22,23)/b15-11+. The number of nitrogens with zero attached hydrogens (tertiary/aromatic N) is 2. The van der Waals surface area contributed by atoms with Crippen LogP contribution in [0.2, 0.25) is 0 Å². The Kier molecular flexibility index (Phi) is 8.55. The maximum Gasteiger partial charge on any atom is 0.334 e. The van der Waals surface area contributed by atoms with Gasteiger partial charge in [-0.3, -0.25) is 0 Å². The summed E-state index contributed by atoms with van der Waals surface area (Å²) in [5.74, 6) is 1.49. The van der Waals surface area contributed by atoms with Crippen molar-refractivity contribution < 1.29 is 14.3 Å². The summed E-state index contributed by atoms with van der Waals surface area (Å²) in [6.07, 6.45) is 1.40. The third-order valence-corrected chi connectivity index (χ3v) is 3.50. The largest absolute Gasteiger partial charge is 0.493 e. The predicted molar refractivity (Wildman–Crippen MR) is 107 cm³/mol. The molecule has 0 fully saturated rings. The van der Waals surface area contributed by atoms with E-state index in [0.29, 0.717) is 30.0 Å². The zero-order valence-electron chi connectivity index (χ0n) is 16.5. The van der Waals surface area contributed by atoms with E-state index in [-0.39, 0.29) is 0 Å². The van der Waals surface area contributed by atoms with Crippen molar-refractivity contribution in [2.75, 3.05) is 19.0 Å². The Bertz CT molecular complexity index is 692. The maximum atomic E-state index is 11.4. The minimum atomic E-state index is -0.439. The molecule has 0 saturated carbocycles. The molecule has 0 aliphatic heterocycles. The van der Waals surface area contributed by atoms with Gasteiger partial charge in [0.05, 0.1) is 19.3 Å². The fourth-order valence-electron chi connectivity index (χ4n) is 2.08. The van der Waals surface area contributed by atoms with Gasteiger partial charge in [0.25, 0.3) is 0 Å². The number of methoxy groups -OCH3 is 1. The van der Waals surface area contributed by atoms with Crippen molar-refractivity contribution in [1.29, 1.82) is 0 Å². The van der Waals surface area contributed by atoms with Gasteiger partial charge in [0.2, 0.25) is 5.96 Å². The fourth-order valence-corrected chi connectivity index (χ4v) is 2.08. The van der Waals surface area contributed by atoms with Crippen molar-refractivity contribution >= 4 is 24.3 Å². The van der Waals surface area contributed by atoms with Gasteiger partial charge in [-0.15, -0.1) is 0 Å². The first-order chi connectivity index (χ1) is 12.3. The van der Waals surface area contributed by atoms with Gasteiger partial charge in [-0.1, -0.05) is 27.7 Å². The van der Waals surface area contributed by atoms with E-state index in [1.54, 1.807) is 6.92 Å². The average molecular weight is 359 g/mol. The molecule has 0 saturated heterocycles. The molecule has 0 heterocycles. The zero-order valence-corrected chi connectivity index (χ0v) is 16.5. The van der Waals surface area contributed by atoms with E-state index in [2.05, 4.69) is 54.5 Å². The van der Waals surface area contributed by atoms with Crippen LogP contribution in [0.5, 0.6) is 5.75 Å². The quantitative estimate of drug-likeness (QED) is 0.339. The second kappa shape index (κ2) is 10.4. The lowest BCUT2D eigenvalue weighted by Crippen LogP contribution is -2.10. The van der Waals surface area contributed by atoms with Crippen molar-refractivity contribution in [2.45, 2.75) is 40.5 Å². The zero-order chi connectivity index (χ0) is 19.7. The second-order valence-electron chi connectivity index (χ2n) is 6.65. The smallest absolute Gasteiger partial charge is 0.334 e. The van der Waals surface area contributed by atoms with E-state index in [0.717, 1.165) is 17.0 Å². The summed E-state index contributed by atoms with van der Waals surface area (Å²) in [6, 6.07) is 5.85. The highest BCUT2D eigenvalue weighted by atomic mass is 16.5. The van der Waals surface area contributed by atoms with Crippen LogP contribution >= 0.6 is 0 Å². The molecule has 0 radical (unpaired) electrons. The van der Waals surface area contributed by atoms with Crippen molar-refractivity contribution in [3.8, 4) is 5.75 Å². The van der Waals surface area contributed by atoms with Crippen LogP contribution in [-0.4, -0.2) is 32.4 Å². The molecule has 0 bridgehead atoms. The van der Waals surface area contributed by atoms with E-state index in [9.17, 15) is 4.79 Å². The lowest BCUT2D eigenvalue weighted by Gasteiger charge is -2.17. The van der Waals surface area contributed by atoms with Gasteiger partial charge in [0.15, 0.2) is 0 Å². The van der Waals surface area contributed by atoms with E-state index in [1.165, 1.54) is 13.3 Å². The van der Waals surface area contributed by atoms with Gasteiger partial charge in [0.1, 0.15) is 5.75 Å². The van der Waals surface area contributed by atoms with Crippen molar-refractivity contribution in [2.24, 2.45) is 15.9 Å². The normalized spacial score (nSPS) is 12.3. The van der Waals surface area contributed by atoms with Crippen LogP contribution in [0.1, 0.15) is 46.1 Å². The molecule has 142 valence electrons. The van der Waals surface area contributed by atoms with Gasteiger partial charge < -0.3 is 14.8 Å². The van der Waals surface area contributed by atoms with Gasteiger partial charge in [-0.05, 0) is 49.2 Å². The summed E-state index contributed by atoms with van der Waals surface area (Å²) in [7, 11) is 1.32. The average Bonchev–Trinajstić information content (AvgIpc) is 2.62. The van der Waals surface area contributed by atoms with E-state index in [4.69, 9.17) is 4.74 Å². The number of hydrogen-bond donors (Lipinski definition) is 1. The van der Waals surface area contributed by atoms with Gasteiger partial charge in [-0.25, -0.2) is 14.8 Å². The molecule has 0 aliphatic rings. The lowest BCUT2D eigenvalue weighted by atomic mass is 10.0. The number of ether oxygens (including phenoxy) is 2. The lowest BCUT2D eigenvalue weighted by molar-refractivity contribution is -0.136. The molecule has 0 unspecified atom stereocenters. The number of nitrogens with one attached hydrogen (secondary N) is 1. The Hall–Kier alpha value is -2.63. The third-order valence-electron chi connectivity index (χ3n) is 3.50. The molecule has 0 aliphatic carbocycles. The summed E-state index contributed by atoms with van der Waals surface area (Å²) in [4.78, 5) is 19.4. The number of benzene rings is 1. The summed E-state index contributed by atoms with van der Waals surface area (Å²) >= 11 is 0. The number of guanidine groups is 1. The maximum absolute atomic E-state index is 11.4. The molecule has 0 atom stereocenters. The molecule has 1 N–H and O–H groups in total. The SMILES string of the molecule is C=NC(=N/C=C(\C)C(=O)OC)Nc1ccc(OCC(C)C)c(C(C)C)c1. The number of carbonyl (C=O) groups is 1. The molecular formula is C20H29N3O3. The van der Waals surface area contributed by atoms with Crippen LogP contribution in [0, 0.1) is 5.92 Å². The molecule has 6 nitrogen and oxygen atoms in total. The number of carbonyl (C=O) groups excluding carboxylic acids is 1. The molecular weight excluding hydrogens is 330 g/mol. The van der Waals surface area contributed by atoms with Crippen molar-refractivity contribution in [3.05, 3.63) is 35.5 Å². The highest BCUT2D eigenvalue weighted by molar-refractivity contribution is 5.97. The highest BCUT2D eigenvalue weighted by Gasteiger charge is 2.11. The number of aliphatic imine (C=N–C) groups is 2. The molecule has 26 heavy (non-hydrogen) atoms. The first kappa shape index (κ1) is 21.4. The Balaban J connectivity index is 3.02. The summed E-state index contributed by atoms with van der Waals surface area (Å²) < 4.78 is 10.5. The first-order valence-corrected chi connectivity index (χ1v) is 8.61. The first-order valence-electron chi connectivity index (χ1n) is 8.61. The topological polar surface area (TPSA) is 72.3 Å². The molecule has 1 aromatic rings. The Morgan fingerprint density at radius 2 is 2.00 bits per heavy atom. The summed E-state index contributed by atoms with van der Waals surface area (Å²) in [5, 5.41) is 3.10. The van der Waals surface area contributed by atoms with Gasteiger partial charge >= 0.3 is 5.97 Å². The Morgan fingerprint density at radius 1 is 1.31 bits per heavy atom. The van der Waals surface area contributed by atoms with Crippen LogP contribution in [0.3, 0.4) is 0 Å². The summed E-state index contributed by atoms with van der Waals surface area (Å²) in [5.41, 5.74) is 2.29. The van der Waals surface area contributed by atoms with Crippen LogP contribution < -0.4 is 10.1 Å². The minimum Gasteiger partial charge on any atom is -0.493 e. The Labute approximate surface area is 156 Å². The van der Waals surface area contributed by atoms with Gasteiger partial charge in [-0.2, -0.15) is 0 Å². The van der Waals surface area contributed by atoms with Crippen LogP contribution in [0.15, 0.2) is 40.0 Å². The number of esters is 1. The van der Waals surface area contributed by atoms with Gasteiger partial charge in [0, 0.05) is 11.9 Å². The van der Waals surface area contributed by atoms with E-state index >= 15 is 0 Å². The second-order valence-corrected chi connectivity index (χ2v) is 6.65. The molecule has 0 aromatic heterocycles.